The largest absolute Gasteiger partial charge is 0.306 e. The van der Waals surface area contributed by atoms with Crippen LogP contribution in [-0.2, 0) is 0 Å². The third-order valence-electron chi connectivity index (χ3n) is 2.90. The van der Waals surface area contributed by atoms with Crippen molar-refractivity contribution in [3.63, 3.8) is 0 Å². The van der Waals surface area contributed by atoms with E-state index in [0.717, 1.165) is 11.6 Å². The summed E-state index contributed by atoms with van der Waals surface area (Å²) in [7, 11) is 4.14. The van der Waals surface area contributed by atoms with Crippen LogP contribution in [0.1, 0.15) is 11.1 Å². The maximum atomic E-state index is 5.96. The molecule has 0 bridgehead atoms. The monoisotopic (exact) mass is 307 g/mol. The Morgan fingerprint density at radius 2 is 1.50 bits per heavy atom. The minimum atomic E-state index is 0. The first-order valence-corrected chi connectivity index (χ1v) is 6.71. The van der Waals surface area contributed by atoms with E-state index in [4.69, 9.17) is 11.6 Å². The molecule has 106 valence electrons. The minimum absolute atomic E-state index is 0. The molecule has 0 aliphatic carbocycles. The Bertz CT molecular complexity index is 545. The van der Waals surface area contributed by atoms with Gasteiger partial charge in [-0.25, -0.2) is 0 Å². The summed E-state index contributed by atoms with van der Waals surface area (Å²) in [5.74, 6) is 0. The lowest BCUT2D eigenvalue weighted by Gasteiger charge is -2.11. The van der Waals surface area contributed by atoms with Crippen LogP contribution in [0.4, 0.5) is 0 Å². The fourth-order valence-corrected chi connectivity index (χ4v) is 2.05. The zero-order valence-electron chi connectivity index (χ0n) is 11.7. The lowest BCUT2D eigenvalue weighted by atomic mass is 9.97. The van der Waals surface area contributed by atoms with Crippen molar-refractivity contribution < 1.29 is 0 Å². The van der Waals surface area contributed by atoms with Gasteiger partial charge < -0.3 is 4.90 Å². The van der Waals surface area contributed by atoms with Gasteiger partial charge in [-0.1, -0.05) is 60.1 Å². The fourth-order valence-electron chi connectivity index (χ4n) is 1.92. The lowest BCUT2D eigenvalue weighted by molar-refractivity contribution is 0.457. The summed E-state index contributed by atoms with van der Waals surface area (Å²) in [6.07, 6.45) is 2.25. The molecule has 0 aromatic heterocycles. The van der Waals surface area contributed by atoms with Gasteiger partial charge in [0.25, 0.3) is 0 Å². The summed E-state index contributed by atoms with van der Waals surface area (Å²) >= 11 is 5.96. The average Bonchev–Trinajstić information content (AvgIpc) is 2.42. The predicted molar refractivity (Wildman–Crippen MR) is 90.8 cm³/mol. The Morgan fingerprint density at radius 3 is 2.05 bits per heavy atom. The quantitative estimate of drug-likeness (QED) is 0.787. The fraction of sp³-hybridized carbons (Fsp3) is 0.176. The van der Waals surface area contributed by atoms with E-state index in [1.165, 1.54) is 16.7 Å². The molecule has 20 heavy (non-hydrogen) atoms. The molecule has 0 amide bonds. The van der Waals surface area contributed by atoms with Crippen LogP contribution in [0.15, 0.2) is 60.7 Å². The summed E-state index contributed by atoms with van der Waals surface area (Å²) in [5, 5.41) is 0.767. The highest BCUT2D eigenvalue weighted by atomic mass is 35.5. The number of rotatable bonds is 4. The molecule has 0 unspecified atom stereocenters. The molecule has 0 N–H and O–H groups in total. The maximum Gasteiger partial charge on any atom is 0.0406 e. The molecule has 1 nitrogen and oxygen atoms in total. The zero-order valence-corrected chi connectivity index (χ0v) is 13.3. The number of nitrogens with zero attached hydrogens (tertiary/aromatic N) is 1. The van der Waals surface area contributed by atoms with Gasteiger partial charge in [0.2, 0.25) is 0 Å². The second kappa shape index (κ2) is 8.11. The number of hydrogen-bond donors (Lipinski definition) is 0. The van der Waals surface area contributed by atoms with Crippen molar-refractivity contribution in [2.75, 3.05) is 20.6 Å². The number of likely N-dealkylation sites (N-methyl/N-ethyl adjacent to an activating group) is 1. The van der Waals surface area contributed by atoms with Gasteiger partial charge in [-0.05, 0) is 42.9 Å². The maximum absolute atomic E-state index is 5.96. The van der Waals surface area contributed by atoms with Crippen LogP contribution >= 0.6 is 24.0 Å². The van der Waals surface area contributed by atoms with E-state index < -0.39 is 0 Å². The molecule has 0 heterocycles. The Balaban J connectivity index is 0.00000200. The molecule has 0 aliphatic rings. The van der Waals surface area contributed by atoms with Crippen molar-refractivity contribution in [1.29, 1.82) is 0 Å². The van der Waals surface area contributed by atoms with Crippen molar-refractivity contribution in [3.8, 4) is 0 Å². The van der Waals surface area contributed by atoms with Crippen LogP contribution in [0.2, 0.25) is 5.02 Å². The summed E-state index contributed by atoms with van der Waals surface area (Å²) in [6.45, 7) is 0.910. The van der Waals surface area contributed by atoms with E-state index in [-0.39, 0.29) is 12.4 Å². The van der Waals surface area contributed by atoms with Crippen LogP contribution in [0, 0.1) is 0 Å². The van der Waals surface area contributed by atoms with Crippen molar-refractivity contribution in [3.05, 3.63) is 76.8 Å². The zero-order chi connectivity index (χ0) is 13.7. The lowest BCUT2D eigenvalue weighted by Crippen LogP contribution is -2.11. The van der Waals surface area contributed by atoms with Gasteiger partial charge >= 0.3 is 0 Å². The SMILES string of the molecule is CN(C)C/C=C(\c1ccccc1)c1ccc(Cl)cc1.Cl. The van der Waals surface area contributed by atoms with Crippen molar-refractivity contribution >= 4 is 29.6 Å². The number of benzene rings is 2. The second-order valence-corrected chi connectivity index (χ2v) is 5.19. The Morgan fingerprint density at radius 1 is 0.950 bits per heavy atom. The first-order valence-electron chi connectivity index (χ1n) is 6.33. The van der Waals surface area contributed by atoms with Gasteiger partial charge in [0.1, 0.15) is 0 Å². The smallest absolute Gasteiger partial charge is 0.0406 e. The Hall–Kier alpha value is -1.28. The molecule has 0 saturated carbocycles. The van der Waals surface area contributed by atoms with Gasteiger partial charge in [-0.3, -0.25) is 0 Å². The number of halogens is 2. The summed E-state index contributed by atoms with van der Waals surface area (Å²) in [6, 6.07) is 18.4. The van der Waals surface area contributed by atoms with Gasteiger partial charge in [-0.15, -0.1) is 12.4 Å². The van der Waals surface area contributed by atoms with Crippen LogP contribution in [0.25, 0.3) is 5.57 Å². The molecule has 0 radical (unpaired) electrons. The van der Waals surface area contributed by atoms with E-state index in [9.17, 15) is 0 Å². The molecule has 0 fully saturated rings. The van der Waals surface area contributed by atoms with Gasteiger partial charge in [0.05, 0.1) is 0 Å². The molecule has 3 heteroatoms. The van der Waals surface area contributed by atoms with E-state index in [1.807, 2.05) is 18.2 Å². The van der Waals surface area contributed by atoms with Crippen molar-refractivity contribution in [2.45, 2.75) is 0 Å². The highest BCUT2D eigenvalue weighted by molar-refractivity contribution is 6.30. The predicted octanol–water partition coefficient (Wildman–Crippen LogP) is 4.76. The van der Waals surface area contributed by atoms with Crippen LogP contribution in [0.5, 0.6) is 0 Å². The standard InChI is InChI=1S/C17H18ClN.ClH/c1-19(2)13-12-17(14-6-4-3-5-7-14)15-8-10-16(18)11-9-15;/h3-12H,13H2,1-2H3;1H/b17-12+;. The normalized spacial score (nSPS) is 11.3. The van der Waals surface area contributed by atoms with Crippen LogP contribution in [0.3, 0.4) is 0 Å². The topological polar surface area (TPSA) is 3.24 Å². The van der Waals surface area contributed by atoms with Crippen LogP contribution in [-0.4, -0.2) is 25.5 Å². The van der Waals surface area contributed by atoms with E-state index in [2.05, 4.69) is 61.5 Å². The molecular formula is C17H19Cl2N. The second-order valence-electron chi connectivity index (χ2n) is 4.75. The van der Waals surface area contributed by atoms with E-state index in [1.54, 1.807) is 0 Å². The van der Waals surface area contributed by atoms with Gasteiger partial charge in [-0.2, -0.15) is 0 Å². The summed E-state index contributed by atoms with van der Waals surface area (Å²) < 4.78 is 0. The van der Waals surface area contributed by atoms with Gasteiger partial charge in [0.15, 0.2) is 0 Å². The first-order chi connectivity index (χ1) is 9.16. The third-order valence-corrected chi connectivity index (χ3v) is 3.15. The summed E-state index contributed by atoms with van der Waals surface area (Å²) in [5.41, 5.74) is 3.66. The van der Waals surface area contributed by atoms with Crippen molar-refractivity contribution in [2.24, 2.45) is 0 Å². The van der Waals surface area contributed by atoms with E-state index in [0.29, 0.717) is 0 Å². The Kier molecular flexibility index (Phi) is 6.80. The highest BCUT2D eigenvalue weighted by Crippen LogP contribution is 2.24. The molecule has 0 aliphatic heterocycles. The van der Waals surface area contributed by atoms with Gasteiger partial charge in [0, 0.05) is 11.6 Å². The average molecular weight is 308 g/mol. The van der Waals surface area contributed by atoms with Crippen LogP contribution < -0.4 is 0 Å². The molecule has 2 aromatic rings. The van der Waals surface area contributed by atoms with Crippen molar-refractivity contribution in [1.82, 2.24) is 4.90 Å². The Labute approximate surface area is 132 Å². The minimum Gasteiger partial charge on any atom is -0.306 e. The molecule has 0 atom stereocenters. The van der Waals surface area contributed by atoms with E-state index >= 15 is 0 Å². The molecule has 0 saturated heterocycles. The molecular weight excluding hydrogens is 289 g/mol. The number of hydrogen-bond acceptors (Lipinski definition) is 1. The first kappa shape index (κ1) is 16.8. The summed E-state index contributed by atoms with van der Waals surface area (Å²) in [4.78, 5) is 2.15. The molecule has 2 rings (SSSR count). The molecule has 2 aromatic carbocycles. The molecule has 0 spiro atoms. The highest BCUT2D eigenvalue weighted by Gasteiger charge is 2.04. The third kappa shape index (κ3) is 4.68.